The lowest BCUT2D eigenvalue weighted by molar-refractivity contribution is -0.384. The van der Waals surface area contributed by atoms with E-state index in [0.717, 1.165) is 0 Å². The van der Waals surface area contributed by atoms with Crippen molar-refractivity contribution in [3.63, 3.8) is 0 Å². The second kappa shape index (κ2) is 4.07. The molecule has 0 bridgehead atoms. The molecule has 82 valence electrons. The van der Waals surface area contributed by atoms with Crippen LogP contribution in [0.2, 0.25) is 0 Å². The van der Waals surface area contributed by atoms with Crippen LogP contribution in [0.5, 0.6) is 0 Å². The zero-order valence-electron chi connectivity index (χ0n) is 8.15. The zero-order valence-corrected chi connectivity index (χ0v) is 8.15. The van der Waals surface area contributed by atoms with Crippen molar-refractivity contribution in [3.8, 4) is 5.69 Å². The summed E-state index contributed by atoms with van der Waals surface area (Å²) < 4.78 is 1.44. The van der Waals surface area contributed by atoms with E-state index in [2.05, 4.69) is 10.1 Å². The fraction of sp³-hybridized carbons (Fsp3) is 0.111. The third-order valence-electron chi connectivity index (χ3n) is 2.01. The van der Waals surface area contributed by atoms with Gasteiger partial charge in [0.2, 0.25) is 0 Å². The molecule has 0 unspecified atom stereocenters. The number of benzene rings is 1. The standard InChI is InChI=1S/C9H8N4O3/c14-5-9-10-6-12(11-9)7-1-3-8(4-2-7)13(15)16/h1-4,6,14H,5H2. The summed E-state index contributed by atoms with van der Waals surface area (Å²) in [6, 6.07) is 5.90. The maximum atomic E-state index is 10.4. The van der Waals surface area contributed by atoms with E-state index in [1.807, 2.05) is 0 Å². The van der Waals surface area contributed by atoms with Crippen molar-refractivity contribution >= 4 is 5.69 Å². The molecule has 7 heteroatoms. The lowest BCUT2D eigenvalue weighted by Crippen LogP contribution is -1.96. The number of hydrogen-bond donors (Lipinski definition) is 1. The van der Waals surface area contributed by atoms with Crippen LogP contribution < -0.4 is 0 Å². The van der Waals surface area contributed by atoms with Gasteiger partial charge in [-0.05, 0) is 12.1 Å². The van der Waals surface area contributed by atoms with Crippen LogP contribution in [0.1, 0.15) is 5.82 Å². The molecular weight excluding hydrogens is 212 g/mol. The van der Waals surface area contributed by atoms with E-state index >= 15 is 0 Å². The maximum Gasteiger partial charge on any atom is 0.269 e. The van der Waals surface area contributed by atoms with E-state index in [-0.39, 0.29) is 12.3 Å². The third-order valence-corrected chi connectivity index (χ3v) is 2.01. The Morgan fingerprint density at radius 3 is 2.56 bits per heavy atom. The topological polar surface area (TPSA) is 94.1 Å². The monoisotopic (exact) mass is 220 g/mol. The van der Waals surface area contributed by atoms with Crippen LogP contribution in [0.15, 0.2) is 30.6 Å². The van der Waals surface area contributed by atoms with Crippen molar-refractivity contribution in [1.29, 1.82) is 0 Å². The molecule has 0 radical (unpaired) electrons. The smallest absolute Gasteiger partial charge is 0.269 e. The van der Waals surface area contributed by atoms with Gasteiger partial charge in [-0.25, -0.2) is 9.67 Å². The summed E-state index contributed by atoms with van der Waals surface area (Å²) in [5.41, 5.74) is 0.670. The van der Waals surface area contributed by atoms with Crippen molar-refractivity contribution in [1.82, 2.24) is 14.8 Å². The van der Waals surface area contributed by atoms with Gasteiger partial charge in [0.25, 0.3) is 5.69 Å². The molecule has 0 aliphatic heterocycles. The summed E-state index contributed by atoms with van der Waals surface area (Å²) in [4.78, 5) is 13.8. The second-order valence-electron chi connectivity index (χ2n) is 3.04. The van der Waals surface area contributed by atoms with E-state index in [1.54, 1.807) is 12.1 Å². The van der Waals surface area contributed by atoms with Gasteiger partial charge >= 0.3 is 0 Å². The quantitative estimate of drug-likeness (QED) is 0.605. The van der Waals surface area contributed by atoms with E-state index < -0.39 is 4.92 Å². The SMILES string of the molecule is O=[N+]([O-])c1ccc(-n2cnc(CO)n2)cc1. The summed E-state index contributed by atoms with van der Waals surface area (Å²) in [5.74, 6) is 0.304. The Hall–Kier alpha value is -2.28. The summed E-state index contributed by atoms with van der Waals surface area (Å²) in [5, 5.41) is 23.2. The highest BCUT2D eigenvalue weighted by Crippen LogP contribution is 2.14. The number of nitro groups is 1. The molecule has 0 fully saturated rings. The number of hydrogen-bond acceptors (Lipinski definition) is 5. The predicted octanol–water partition coefficient (Wildman–Crippen LogP) is 0.668. The Morgan fingerprint density at radius 2 is 2.06 bits per heavy atom. The molecule has 1 aromatic carbocycles. The Balaban J connectivity index is 2.30. The molecule has 0 amide bonds. The molecule has 0 saturated carbocycles. The molecule has 1 heterocycles. The van der Waals surface area contributed by atoms with Crippen LogP contribution in [-0.4, -0.2) is 24.8 Å². The van der Waals surface area contributed by atoms with E-state index in [4.69, 9.17) is 5.11 Å². The molecule has 2 aromatic rings. The second-order valence-corrected chi connectivity index (χ2v) is 3.04. The Morgan fingerprint density at radius 1 is 1.38 bits per heavy atom. The van der Waals surface area contributed by atoms with Crippen molar-refractivity contribution in [3.05, 3.63) is 46.5 Å². The molecule has 1 aromatic heterocycles. The van der Waals surface area contributed by atoms with Crippen molar-refractivity contribution in [2.45, 2.75) is 6.61 Å². The molecule has 1 N–H and O–H groups in total. The van der Waals surface area contributed by atoms with Crippen LogP contribution in [0, 0.1) is 10.1 Å². The molecule has 2 rings (SSSR count). The van der Waals surface area contributed by atoms with Gasteiger partial charge < -0.3 is 5.11 Å². The normalized spacial score (nSPS) is 10.3. The van der Waals surface area contributed by atoms with Crippen LogP contribution in [0.25, 0.3) is 5.69 Å². The Kier molecular flexibility index (Phi) is 2.61. The minimum atomic E-state index is -0.468. The van der Waals surface area contributed by atoms with Crippen molar-refractivity contribution in [2.75, 3.05) is 0 Å². The number of rotatable bonds is 3. The number of aromatic nitrogens is 3. The number of nitro benzene ring substituents is 1. The van der Waals surface area contributed by atoms with Gasteiger partial charge in [-0.15, -0.1) is 5.10 Å². The third kappa shape index (κ3) is 1.89. The van der Waals surface area contributed by atoms with Crippen LogP contribution in [0.3, 0.4) is 0 Å². The van der Waals surface area contributed by atoms with Crippen LogP contribution in [0.4, 0.5) is 5.69 Å². The first-order valence-corrected chi connectivity index (χ1v) is 4.47. The molecule has 0 spiro atoms. The minimum Gasteiger partial charge on any atom is -0.388 e. The highest BCUT2D eigenvalue weighted by molar-refractivity contribution is 5.39. The minimum absolute atomic E-state index is 0.0197. The van der Waals surface area contributed by atoms with Crippen molar-refractivity contribution in [2.24, 2.45) is 0 Å². The zero-order chi connectivity index (χ0) is 11.5. The van der Waals surface area contributed by atoms with Gasteiger partial charge in [0.1, 0.15) is 12.9 Å². The highest BCUT2D eigenvalue weighted by atomic mass is 16.6. The molecule has 0 aliphatic rings. The fourth-order valence-electron chi connectivity index (χ4n) is 1.22. The molecular formula is C9H8N4O3. The number of nitrogens with zero attached hydrogens (tertiary/aromatic N) is 4. The van der Waals surface area contributed by atoms with Gasteiger partial charge in [0.15, 0.2) is 5.82 Å². The lowest BCUT2D eigenvalue weighted by atomic mass is 10.3. The average Bonchev–Trinajstić information content (AvgIpc) is 2.77. The maximum absolute atomic E-state index is 10.4. The van der Waals surface area contributed by atoms with Gasteiger partial charge in [-0.3, -0.25) is 10.1 Å². The van der Waals surface area contributed by atoms with Crippen LogP contribution in [-0.2, 0) is 6.61 Å². The molecule has 0 saturated heterocycles. The first-order valence-electron chi connectivity index (χ1n) is 4.47. The number of non-ortho nitro benzene ring substituents is 1. The summed E-state index contributed by atoms with van der Waals surface area (Å²) in [7, 11) is 0. The van der Waals surface area contributed by atoms with E-state index in [1.165, 1.54) is 23.1 Å². The summed E-state index contributed by atoms with van der Waals surface area (Å²) in [6.45, 7) is -0.236. The summed E-state index contributed by atoms with van der Waals surface area (Å²) in [6.07, 6.45) is 1.44. The highest BCUT2D eigenvalue weighted by Gasteiger charge is 2.06. The largest absolute Gasteiger partial charge is 0.388 e. The Labute approximate surface area is 90.1 Å². The molecule has 7 nitrogen and oxygen atoms in total. The summed E-state index contributed by atoms with van der Waals surface area (Å²) >= 11 is 0. The molecule has 0 atom stereocenters. The predicted molar refractivity (Wildman–Crippen MR) is 53.9 cm³/mol. The number of aliphatic hydroxyl groups excluding tert-OH is 1. The lowest BCUT2D eigenvalue weighted by Gasteiger charge is -1.98. The van der Waals surface area contributed by atoms with Gasteiger partial charge in [-0.1, -0.05) is 0 Å². The van der Waals surface area contributed by atoms with E-state index in [0.29, 0.717) is 11.5 Å². The fourth-order valence-corrected chi connectivity index (χ4v) is 1.22. The van der Waals surface area contributed by atoms with Gasteiger partial charge in [0, 0.05) is 12.1 Å². The number of aliphatic hydroxyl groups is 1. The Bertz CT molecular complexity index is 506. The average molecular weight is 220 g/mol. The van der Waals surface area contributed by atoms with E-state index in [9.17, 15) is 10.1 Å². The van der Waals surface area contributed by atoms with Crippen LogP contribution >= 0.6 is 0 Å². The first kappa shape index (κ1) is 10.2. The molecule has 0 aliphatic carbocycles. The van der Waals surface area contributed by atoms with Gasteiger partial charge in [0.05, 0.1) is 10.6 Å². The van der Waals surface area contributed by atoms with Crippen molar-refractivity contribution < 1.29 is 10.0 Å². The van der Waals surface area contributed by atoms with Gasteiger partial charge in [-0.2, -0.15) is 0 Å². The molecule has 16 heavy (non-hydrogen) atoms. The first-order chi connectivity index (χ1) is 7.70.